The highest BCUT2D eigenvalue weighted by molar-refractivity contribution is 5.71. The number of carbonyl (C=O) groups is 1. The van der Waals surface area contributed by atoms with Gasteiger partial charge in [0.1, 0.15) is 0 Å². The predicted molar refractivity (Wildman–Crippen MR) is 88.9 cm³/mol. The lowest BCUT2D eigenvalue weighted by Crippen LogP contribution is -2.54. The Morgan fingerprint density at radius 3 is 2.35 bits per heavy atom. The first kappa shape index (κ1) is 15.9. The molecule has 4 aliphatic rings. The van der Waals surface area contributed by atoms with Crippen molar-refractivity contribution in [3.63, 3.8) is 0 Å². The number of carboxylic acids is 1. The van der Waals surface area contributed by atoms with Crippen LogP contribution in [-0.4, -0.2) is 22.3 Å². The van der Waals surface area contributed by atoms with Crippen LogP contribution in [0.5, 0.6) is 0 Å². The van der Waals surface area contributed by atoms with E-state index in [0.717, 1.165) is 43.9 Å². The van der Waals surface area contributed by atoms with E-state index >= 15 is 0 Å². The third kappa shape index (κ3) is 2.14. The van der Waals surface area contributed by atoms with E-state index in [9.17, 15) is 15.0 Å². The summed E-state index contributed by atoms with van der Waals surface area (Å²) in [5.41, 5.74) is 0.426. The molecule has 0 amide bonds. The first-order valence-corrected chi connectivity index (χ1v) is 9.77. The molecule has 4 saturated carbocycles. The number of fused-ring (bicyclic) bond motifs is 5. The van der Waals surface area contributed by atoms with Gasteiger partial charge >= 0.3 is 5.97 Å². The zero-order valence-corrected chi connectivity index (χ0v) is 14.6. The summed E-state index contributed by atoms with van der Waals surface area (Å²) in [5.74, 6) is 2.12. The molecule has 0 aromatic carbocycles. The molecular formula is C20H32O3. The number of aliphatic hydroxyl groups is 1. The Kier molecular flexibility index (Phi) is 3.61. The summed E-state index contributed by atoms with van der Waals surface area (Å²) >= 11 is 0. The average Bonchev–Trinajstić information content (AvgIpc) is 2.85. The molecule has 4 aliphatic carbocycles. The molecule has 8 atom stereocenters. The second-order valence-corrected chi connectivity index (χ2v) is 9.60. The molecule has 4 rings (SSSR count). The largest absolute Gasteiger partial charge is 0.481 e. The van der Waals surface area contributed by atoms with Crippen molar-refractivity contribution in [1.82, 2.24) is 0 Å². The third-order valence-electron chi connectivity index (χ3n) is 8.94. The average molecular weight is 320 g/mol. The summed E-state index contributed by atoms with van der Waals surface area (Å²) in [6.45, 7) is 4.77. The van der Waals surface area contributed by atoms with Gasteiger partial charge in [-0.3, -0.25) is 4.79 Å². The first-order chi connectivity index (χ1) is 10.9. The minimum Gasteiger partial charge on any atom is -0.481 e. The van der Waals surface area contributed by atoms with Gasteiger partial charge in [-0.15, -0.1) is 0 Å². The summed E-state index contributed by atoms with van der Waals surface area (Å²) < 4.78 is 0. The van der Waals surface area contributed by atoms with E-state index in [4.69, 9.17) is 0 Å². The molecule has 0 bridgehead atoms. The maximum Gasteiger partial charge on any atom is 0.307 e. The van der Waals surface area contributed by atoms with Crippen LogP contribution < -0.4 is 0 Å². The van der Waals surface area contributed by atoms with Crippen LogP contribution in [0.2, 0.25) is 0 Å². The van der Waals surface area contributed by atoms with Crippen molar-refractivity contribution in [3.05, 3.63) is 0 Å². The minimum absolute atomic E-state index is 0.0321. The van der Waals surface area contributed by atoms with Crippen LogP contribution in [0.1, 0.15) is 71.6 Å². The first-order valence-electron chi connectivity index (χ1n) is 9.77. The van der Waals surface area contributed by atoms with Crippen LogP contribution in [0, 0.1) is 40.4 Å². The summed E-state index contributed by atoms with van der Waals surface area (Å²) in [7, 11) is 0. The van der Waals surface area contributed by atoms with Gasteiger partial charge in [-0.25, -0.2) is 0 Å². The fourth-order valence-corrected chi connectivity index (χ4v) is 7.64. The minimum atomic E-state index is -0.561. The zero-order chi connectivity index (χ0) is 16.4. The Morgan fingerprint density at radius 1 is 0.913 bits per heavy atom. The SMILES string of the molecule is C[C@@]12CC[C@H]3[C@@H](CC[C@H]4C[C@H](O)CC[C@@]43C)[C@H]1CC[C@@H]2C(=O)O. The normalized spacial score (nSPS) is 55.6. The molecule has 23 heavy (non-hydrogen) atoms. The second kappa shape index (κ2) is 5.21. The van der Waals surface area contributed by atoms with Crippen LogP contribution >= 0.6 is 0 Å². The molecule has 0 spiro atoms. The Hall–Kier alpha value is -0.570. The van der Waals surface area contributed by atoms with E-state index in [2.05, 4.69) is 13.8 Å². The van der Waals surface area contributed by atoms with Gasteiger partial charge in [0.25, 0.3) is 0 Å². The summed E-state index contributed by atoms with van der Waals surface area (Å²) in [4.78, 5) is 11.7. The predicted octanol–water partition coefficient (Wildman–Crippen LogP) is 4.09. The van der Waals surface area contributed by atoms with E-state index < -0.39 is 5.97 Å². The highest BCUT2D eigenvalue weighted by Crippen LogP contribution is 2.67. The van der Waals surface area contributed by atoms with Crippen LogP contribution in [-0.2, 0) is 4.79 Å². The number of aliphatic hydroxyl groups excluding tert-OH is 1. The fraction of sp³-hybridized carbons (Fsp3) is 0.950. The molecule has 3 heteroatoms. The van der Waals surface area contributed by atoms with Gasteiger partial charge in [0.2, 0.25) is 0 Å². The Labute approximate surface area is 139 Å². The monoisotopic (exact) mass is 320 g/mol. The van der Waals surface area contributed by atoms with E-state index in [1.54, 1.807) is 0 Å². The van der Waals surface area contributed by atoms with E-state index in [1.165, 1.54) is 25.7 Å². The summed E-state index contributed by atoms with van der Waals surface area (Å²) in [5, 5.41) is 19.7. The lowest BCUT2D eigenvalue weighted by Gasteiger charge is -2.60. The molecule has 0 saturated heterocycles. The molecule has 4 fully saturated rings. The van der Waals surface area contributed by atoms with Gasteiger partial charge in [0.15, 0.2) is 0 Å². The molecule has 130 valence electrons. The topological polar surface area (TPSA) is 57.5 Å². The highest BCUT2D eigenvalue weighted by Gasteiger charge is 2.61. The van der Waals surface area contributed by atoms with Crippen molar-refractivity contribution in [3.8, 4) is 0 Å². The molecule has 0 aliphatic heterocycles. The molecule has 2 N–H and O–H groups in total. The maximum atomic E-state index is 11.7. The van der Waals surface area contributed by atoms with Crippen molar-refractivity contribution in [2.45, 2.75) is 77.7 Å². The number of carboxylic acid groups (broad SMARTS) is 1. The van der Waals surface area contributed by atoms with Gasteiger partial charge in [-0.2, -0.15) is 0 Å². The molecule has 0 unspecified atom stereocenters. The summed E-state index contributed by atoms with van der Waals surface area (Å²) in [6, 6.07) is 0. The highest BCUT2D eigenvalue weighted by atomic mass is 16.4. The Morgan fingerprint density at radius 2 is 1.61 bits per heavy atom. The van der Waals surface area contributed by atoms with Crippen molar-refractivity contribution in [2.24, 2.45) is 40.4 Å². The van der Waals surface area contributed by atoms with E-state index in [1.807, 2.05) is 0 Å². The number of rotatable bonds is 1. The molecule has 0 radical (unpaired) electrons. The van der Waals surface area contributed by atoms with Gasteiger partial charge in [-0.05, 0) is 92.3 Å². The van der Waals surface area contributed by atoms with Crippen LogP contribution in [0.15, 0.2) is 0 Å². The van der Waals surface area contributed by atoms with Crippen molar-refractivity contribution < 1.29 is 15.0 Å². The Balaban J connectivity index is 1.61. The lowest BCUT2D eigenvalue weighted by molar-refractivity contribution is -0.154. The van der Waals surface area contributed by atoms with Crippen LogP contribution in [0.4, 0.5) is 0 Å². The molecular weight excluding hydrogens is 288 g/mol. The van der Waals surface area contributed by atoms with E-state index in [-0.39, 0.29) is 17.4 Å². The standard InChI is InChI=1S/C20H32O3/c1-19-9-7-13(21)11-12(19)3-4-14-15-5-6-17(18(22)23)20(15,2)10-8-16(14)19/h12-17,21H,3-11H2,1-2H3,(H,22,23)/t12-,13+,14-,15+,16-,17+,19-,20+/m0/s1. The van der Waals surface area contributed by atoms with Crippen LogP contribution in [0.3, 0.4) is 0 Å². The van der Waals surface area contributed by atoms with Crippen molar-refractivity contribution >= 4 is 5.97 Å². The van der Waals surface area contributed by atoms with Gasteiger partial charge in [-0.1, -0.05) is 13.8 Å². The molecule has 0 aromatic rings. The quantitative estimate of drug-likeness (QED) is 0.765. The maximum absolute atomic E-state index is 11.7. The lowest BCUT2D eigenvalue weighted by atomic mass is 9.44. The van der Waals surface area contributed by atoms with Gasteiger partial charge < -0.3 is 10.2 Å². The second-order valence-electron chi connectivity index (χ2n) is 9.60. The van der Waals surface area contributed by atoms with Crippen LogP contribution in [0.25, 0.3) is 0 Å². The zero-order valence-electron chi connectivity index (χ0n) is 14.6. The molecule has 3 nitrogen and oxygen atoms in total. The van der Waals surface area contributed by atoms with Gasteiger partial charge in [0.05, 0.1) is 12.0 Å². The number of hydrogen-bond acceptors (Lipinski definition) is 2. The molecule has 0 heterocycles. The summed E-state index contributed by atoms with van der Waals surface area (Å²) in [6.07, 6.45) is 9.90. The van der Waals surface area contributed by atoms with Crippen molar-refractivity contribution in [1.29, 1.82) is 0 Å². The fourth-order valence-electron chi connectivity index (χ4n) is 7.64. The molecule has 0 aromatic heterocycles. The number of hydrogen-bond donors (Lipinski definition) is 2. The Bertz CT molecular complexity index is 503. The smallest absolute Gasteiger partial charge is 0.307 e. The third-order valence-corrected chi connectivity index (χ3v) is 8.94. The number of aliphatic carboxylic acids is 1. The van der Waals surface area contributed by atoms with Gasteiger partial charge in [0, 0.05) is 0 Å². The van der Waals surface area contributed by atoms with Crippen molar-refractivity contribution in [2.75, 3.05) is 0 Å². The van der Waals surface area contributed by atoms with E-state index in [0.29, 0.717) is 17.3 Å².